The number of carbonyl (C=O) groups is 1. The second-order valence-electron chi connectivity index (χ2n) is 5.58. The van der Waals surface area contributed by atoms with Crippen LogP contribution in [0.1, 0.15) is 26.3 Å². The van der Waals surface area contributed by atoms with Crippen LogP contribution in [0.2, 0.25) is 0 Å². The SMILES string of the molecule is CC(C)(C)C(=O)NCCS(=O)(=O)Cc1ccccc1. The Morgan fingerprint density at radius 3 is 2.26 bits per heavy atom. The highest BCUT2D eigenvalue weighted by Gasteiger charge is 2.21. The summed E-state index contributed by atoms with van der Waals surface area (Å²) in [7, 11) is -3.19. The summed E-state index contributed by atoms with van der Waals surface area (Å²) < 4.78 is 23.8. The van der Waals surface area contributed by atoms with Crippen molar-refractivity contribution < 1.29 is 13.2 Å². The Labute approximate surface area is 115 Å². The minimum Gasteiger partial charge on any atom is -0.355 e. The zero-order valence-corrected chi connectivity index (χ0v) is 12.5. The van der Waals surface area contributed by atoms with Gasteiger partial charge in [-0.1, -0.05) is 51.1 Å². The molecule has 1 rings (SSSR count). The highest BCUT2D eigenvalue weighted by atomic mass is 32.2. The van der Waals surface area contributed by atoms with Crippen molar-refractivity contribution in [2.75, 3.05) is 12.3 Å². The van der Waals surface area contributed by atoms with Gasteiger partial charge in [-0.3, -0.25) is 4.79 Å². The largest absolute Gasteiger partial charge is 0.355 e. The summed E-state index contributed by atoms with van der Waals surface area (Å²) in [6.07, 6.45) is 0. The first-order valence-electron chi connectivity index (χ1n) is 6.23. The fourth-order valence-corrected chi connectivity index (χ4v) is 2.74. The maximum absolute atomic E-state index is 11.9. The van der Waals surface area contributed by atoms with E-state index < -0.39 is 15.3 Å². The molecule has 0 aromatic heterocycles. The van der Waals surface area contributed by atoms with Crippen LogP contribution in [0.15, 0.2) is 30.3 Å². The van der Waals surface area contributed by atoms with Gasteiger partial charge in [0.05, 0.1) is 11.5 Å². The fraction of sp³-hybridized carbons (Fsp3) is 0.500. The molecule has 0 heterocycles. The average Bonchev–Trinajstić information content (AvgIpc) is 2.28. The van der Waals surface area contributed by atoms with E-state index >= 15 is 0 Å². The molecule has 5 heteroatoms. The second-order valence-corrected chi connectivity index (χ2v) is 7.77. The normalized spacial score (nSPS) is 12.2. The molecule has 0 aliphatic rings. The minimum absolute atomic E-state index is 0.0131. The molecule has 1 N–H and O–H groups in total. The van der Waals surface area contributed by atoms with Crippen LogP contribution in [0.5, 0.6) is 0 Å². The average molecular weight is 283 g/mol. The van der Waals surface area contributed by atoms with E-state index in [0.29, 0.717) is 0 Å². The van der Waals surface area contributed by atoms with Gasteiger partial charge in [0.25, 0.3) is 0 Å². The van der Waals surface area contributed by atoms with Gasteiger partial charge in [-0.25, -0.2) is 8.42 Å². The number of hydrogen-bond acceptors (Lipinski definition) is 3. The molecular formula is C14H21NO3S. The molecule has 0 saturated heterocycles. The third kappa shape index (κ3) is 5.87. The van der Waals surface area contributed by atoms with Crippen LogP contribution < -0.4 is 5.32 Å². The number of hydrogen-bond donors (Lipinski definition) is 1. The van der Waals surface area contributed by atoms with Gasteiger partial charge in [0, 0.05) is 12.0 Å². The number of amides is 1. The third-order valence-corrected chi connectivity index (χ3v) is 4.21. The molecular weight excluding hydrogens is 262 g/mol. The summed E-state index contributed by atoms with van der Waals surface area (Å²) in [5.41, 5.74) is 0.271. The maximum atomic E-state index is 11.9. The molecule has 4 nitrogen and oxygen atoms in total. The van der Waals surface area contributed by atoms with Crippen molar-refractivity contribution in [3.05, 3.63) is 35.9 Å². The lowest BCUT2D eigenvalue weighted by atomic mass is 9.96. The van der Waals surface area contributed by atoms with Gasteiger partial charge in [0.15, 0.2) is 9.84 Å². The molecule has 19 heavy (non-hydrogen) atoms. The molecule has 1 aromatic rings. The fourth-order valence-electron chi connectivity index (χ4n) is 1.49. The number of sulfone groups is 1. The highest BCUT2D eigenvalue weighted by molar-refractivity contribution is 7.90. The third-order valence-electron chi connectivity index (χ3n) is 2.61. The smallest absolute Gasteiger partial charge is 0.225 e. The Morgan fingerprint density at radius 2 is 1.74 bits per heavy atom. The van der Waals surface area contributed by atoms with Crippen molar-refractivity contribution in [1.82, 2.24) is 5.32 Å². The van der Waals surface area contributed by atoms with Crippen molar-refractivity contribution in [2.45, 2.75) is 26.5 Å². The summed E-state index contributed by atoms with van der Waals surface area (Å²) >= 11 is 0. The van der Waals surface area contributed by atoms with Crippen molar-refractivity contribution in [1.29, 1.82) is 0 Å². The molecule has 1 aromatic carbocycles. The first kappa shape index (κ1) is 15.7. The van der Waals surface area contributed by atoms with E-state index in [4.69, 9.17) is 0 Å². The standard InChI is InChI=1S/C14H21NO3S/c1-14(2,3)13(16)15-9-10-19(17,18)11-12-7-5-4-6-8-12/h4-8H,9-11H2,1-3H3,(H,15,16). The Kier molecular flexibility index (Phi) is 5.11. The van der Waals surface area contributed by atoms with Gasteiger partial charge in [0.1, 0.15) is 0 Å². The van der Waals surface area contributed by atoms with Crippen molar-refractivity contribution >= 4 is 15.7 Å². The van der Waals surface area contributed by atoms with E-state index in [1.807, 2.05) is 18.2 Å². The number of carbonyl (C=O) groups excluding carboxylic acids is 1. The number of nitrogens with one attached hydrogen (secondary N) is 1. The molecule has 0 fully saturated rings. The molecule has 1 amide bonds. The minimum atomic E-state index is -3.19. The molecule has 0 unspecified atom stereocenters. The summed E-state index contributed by atoms with van der Waals surface area (Å²) in [4.78, 5) is 11.6. The van der Waals surface area contributed by atoms with Gasteiger partial charge in [0.2, 0.25) is 5.91 Å². The van der Waals surface area contributed by atoms with Crippen molar-refractivity contribution in [3.63, 3.8) is 0 Å². The van der Waals surface area contributed by atoms with E-state index in [1.54, 1.807) is 32.9 Å². The van der Waals surface area contributed by atoms with Crippen LogP contribution in [0.4, 0.5) is 0 Å². The Bertz CT molecular complexity index is 515. The molecule has 0 saturated carbocycles. The van der Waals surface area contributed by atoms with E-state index in [-0.39, 0.29) is 24.0 Å². The summed E-state index contributed by atoms with van der Waals surface area (Å²) in [6.45, 7) is 5.54. The molecule has 0 aliphatic carbocycles. The summed E-state index contributed by atoms with van der Waals surface area (Å²) in [5, 5.41) is 2.65. The van der Waals surface area contributed by atoms with Crippen LogP contribution in [-0.2, 0) is 20.4 Å². The Morgan fingerprint density at radius 1 is 1.16 bits per heavy atom. The molecule has 0 atom stereocenters. The highest BCUT2D eigenvalue weighted by Crippen LogP contribution is 2.12. The van der Waals surface area contributed by atoms with Gasteiger partial charge in [-0.05, 0) is 5.56 Å². The van der Waals surface area contributed by atoms with Crippen LogP contribution in [0.3, 0.4) is 0 Å². The first-order chi connectivity index (χ1) is 8.71. The van der Waals surface area contributed by atoms with Gasteiger partial charge < -0.3 is 5.32 Å². The zero-order valence-electron chi connectivity index (χ0n) is 11.6. The summed E-state index contributed by atoms with van der Waals surface area (Å²) in [6, 6.07) is 9.04. The van der Waals surface area contributed by atoms with Crippen LogP contribution >= 0.6 is 0 Å². The lowest BCUT2D eigenvalue weighted by Crippen LogP contribution is -2.37. The van der Waals surface area contributed by atoms with E-state index in [1.165, 1.54) is 0 Å². The predicted octanol–water partition coefficient (Wildman–Crippen LogP) is 1.76. The monoisotopic (exact) mass is 283 g/mol. The van der Waals surface area contributed by atoms with Crippen LogP contribution in [-0.4, -0.2) is 26.6 Å². The lowest BCUT2D eigenvalue weighted by Gasteiger charge is -2.17. The van der Waals surface area contributed by atoms with Crippen LogP contribution in [0.25, 0.3) is 0 Å². The second kappa shape index (κ2) is 6.19. The quantitative estimate of drug-likeness (QED) is 0.895. The molecule has 0 spiro atoms. The Balaban J connectivity index is 2.47. The van der Waals surface area contributed by atoms with E-state index in [0.717, 1.165) is 5.56 Å². The summed E-state index contributed by atoms with van der Waals surface area (Å²) in [5.74, 6) is -0.162. The lowest BCUT2D eigenvalue weighted by molar-refractivity contribution is -0.128. The molecule has 0 aliphatic heterocycles. The first-order valence-corrected chi connectivity index (χ1v) is 8.05. The Hall–Kier alpha value is -1.36. The molecule has 0 bridgehead atoms. The molecule has 106 valence electrons. The van der Waals surface area contributed by atoms with E-state index in [9.17, 15) is 13.2 Å². The molecule has 0 radical (unpaired) electrons. The maximum Gasteiger partial charge on any atom is 0.225 e. The number of rotatable bonds is 5. The van der Waals surface area contributed by atoms with Crippen molar-refractivity contribution in [3.8, 4) is 0 Å². The predicted molar refractivity (Wildman–Crippen MR) is 76.4 cm³/mol. The topological polar surface area (TPSA) is 63.2 Å². The van der Waals surface area contributed by atoms with Crippen LogP contribution in [0, 0.1) is 5.41 Å². The zero-order chi connectivity index (χ0) is 14.5. The van der Waals surface area contributed by atoms with Gasteiger partial charge in [-0.15, -0.1) is 0 Å². The van der Waals surface area contributed by atoms with E-state index in [2.05, 4.69) is 5.32 Å². The number of benzene rings is 1. The van der Waals surface area contributed by atoms with Gasteiger partial charge >= 0.3 is 0 Å². The van der Waals surface area contributed by atoms with Gasteiger partial charge in [-0.2, -0.15) is 0 Å². The van der Waals surface area contributed by atoms with Crippen molar-refractivity contribution in [2.24, 2.45) is 5.41 Å².